The molecule has 0 aliphatic rings. The number of hydrogen-bond acceptors (Lipinski definition) is 7. The predicted molar refractivity (Wildman–Crippen MR) is 106 cm³/mol. The highest BCUT2D eigenvalue weighted by Gasteiger charge is 2.24. The van der Waals surface area contributed by atoms with Gasteiger partial charge in [-0.1, -0.05) is 12.1 Å². The summed E-state index contributed by atoms with van der Waals surface area (Å²) in [5.74, 6) is -0.0549. The molecule has 8 nitrogen and oxygen atoms in total. The number of methoxy groups -OCH3 is 1. The van der Waals surface area contributed by atoms with Crippen molar-refractivity contribution in [3.05, 3.63) is 57.1 Å². The van der Waals surface area contributed by atoms with Gasteiger partial charge >= 0.3 is 0 Å². The molecule has 0 aliphatic carbocycles. The molecule has 3 aromatic rings. The Morgan fingerprint density at radius 1 is 1.29 bits per heavy atom. The summed E-state index contributed by atoms with van der Waals surface area (Å²) in [7, 11) is 1.42. The number of rotatable bonds is 8. The fraction of sp³-hybridized carbons (Fsp3) is 0.263. The van der Waals surface area contributed by atoms with Crippen LogP contribution in [-0.2, 0) is 6.42 Å². The lowest BCUT2D eigenvalue weighted by Gasteiger charge is -2.11. The maximum atomic E-state index is 12.5. The van der Waals surface area contributed by atoms with Crippen molar-refractivity contribution in [1.29, 1.82) is 0 Å². The van der Waals surface area contributed by atoms with Crippen molar-refractivity contribution in [1.82, 2.24) is 10.3 Å². The molecule has 1 heterocycles. The number of carbonyl (C=O) groups is 1. The zero-order chi connectivity index (χ0) is 20.1. The predicted octanol–water partition coefficient (Wildman–Crippen LogP) is 3.58. The lowest BCUT2D eigenvalue weighted by molar-refractivity contribution is -0.385. The first-order valence-electron chi connectivity index (χ1n) is 8.65. The van der Waals surface area contributed by atoms with Gasteiger partial charge in [0.25, 0.3) is 11.6 Å². The number of benzene rings is 2. The van der Waals surface area contributed by atoms with Gasteiger partial charge in [-0.15, -0.1) is 11.3 Å². The van der Waals surface area contributed by atoms with E-state index in [2.05, 4.69) is 10.3 Å². The standard InChI is InChI=1S/C19H19N3O5S/c1-3-27-16-11-14(22(24)25)12(10-15(16)26-2)19(23)20-9-8-18-21-13-6-4-5-7-17(13)28-18/h4-7,10-11H,3,8-9H2,1-2H3,(H,20,23). The van der Waals surface area contributed by atoms with Crippen LogP contribution in [0.3, 0.4) is 0 Å². The van der Waals surface area contributed by atoms with Gasteiger partial charge in [0.1, 0.15) is 5.56 Å². The fourth-order valence-corrected chi connectivity index (χ4v) is 3.68. The van der Waals surface area contributed by atoms with Crippen LogP contribution < -0.4 is 14.8 Å². The third kappa shape index (κ3) is 4.20. The number of carbonyl (C=O) groups excluding carboxylic acids is 1. The second kappa shape index (κ2) is 8.66. The molecule has 0 radical (unpaired) electrons. The average molecular weight is 401 g/mol. The second-order valence-corrected chi connectivity index (χ2v) is 6.91. The molecule has 0 saturated heterocycles. The van der Waals surface area contributed by atoms with Crippen LogP contribution >= 0.6 is 11.3 Å². The zero-order valence-corrected chi connectivity index (χ0v) is 16.2. The van der Waals surface area contributed by atoms with E-state index in [0.717, 1.165) is 15.2 Å². The lowest BCUT2D eigenvalue weighted by Crippen LogP contribution is -2.26. The number of para-hydroxylation sites is 1. The number of hydrogen-bond donors (Lipinski definition) is 1. The summed E-state index contributed by atoms with van der Waals surface area (Å²) in [5.41, 5.74) is 0.511. The van der Waals surface area contributed by atoms with Crippen LogP contribution in [0.25, 0.3) is 10.2 Å². The van der Waals surface area contributed by atoms with Crippen LogP contribution in [0.4, 0.5) is 5.69 Å². The Bertz CT molecular complexity index is 985. The first kappa shape index (κ1) is 19.6. The van der Waals surface area contributed by atoms with E-state index in [9.17, 15) is 14.9 Å². The van der Waals surface area contributed by atoms with E-state index in [1.54, 1.807) is 18.3 Å². The maximum Gasteiger partial charge on any atom is 0.286 e. The third-order valence-corrected chi connectivity index (χ3v) is 5.08. The first-order chi connectivity index (χ1) is 13.5. The molecule has 0 spiro atoms. The first-order valence-corrected chi connectivity index (χ1v) is 9.47. The number of thiazole rings is 1. The van der Waals surface area contributed by atoms with Gasteiger partial charge < -0.3 is 14.8 Å². The molecule has 0 bridgehead atoms. The summed E-state index contributed by atoms with van der Waals surface area (Å²) in [6.07, 6.45) is 0.535. The van der Waals surface area contributed by atoms with Crippen molar-refractivity contribution in [2.75, 3.05) is 20.3 Å². The van der Waals surface area contributed by atoms with Crippen molar-refractivity contribution in [3.63, 3.8) is 0 Å². The van der Waals surface area contributed by atoms with Crippen LogP contribution in [0.1, 0.15) is 22.3 Å². The van der Waals surface area contributed by atoms with E-state index in [-0.39, 0.29) is 22.7 Å². The Kier molecular flexibility index (Phi) is 6.05. The molecule has 0 atom stereocenters. The van der Waals surface area contributed by atoms with Crippen LogP contribution in [-0.4, -0.2) is 36.1 Å². The molecular formula is C19H19N3O5S. The minimum absolute atomic E-state index is 0.0744. The number of nitrogens with one attached hydrogen (secondary N) is 1. The summed E-state index contributed by atoms with van der Waals surface area (Å²) >= 11 is 1.56. The van der Waals surface area contributed by atoms with Crippen LogP contribution in [0.2, 0.25) is 0 Å². The molecule has 146 valence electrons. The van der Waals surface area contributed by atoms with Crippen molar-refractivity contribution in [3.8, 4) is 11.5 Å². The summed E-state index contributed by atoms with van der Waals surface area (Å²) in [6.45, 7) is 2.39. The maximum absolute atomic E-state index is 12.5. The second-order valence-electron chi connectivity index (χ2n) is 5.79. The van der Waals surface area contributed by atoms with Crippen LogP contribution in [0.5, 0.6) is 11.5 Å². The third-order valence-electron chi connectivity index (χ3n) is 3.99. The van der Waals surface area contributed by atoms with Gasteiger partial charge in [-0.05, 0) is 19.1 Å². The minimum atomic E-state index is -0.607. The van der Waals surface area contributed by atoms with Gasteiger partial charge in [0.2, 0.25) is 0 Å². The van der Waals surface area contributed by atoms with E-state index in [1.165, 1.54) is 19.2 Å². The van der Waals surface area contributed by atoms with Gasteiger partial charge in [0, 0.05) is 19.0 Å². The van der Waals surface area contributed by atoms with E-state index >= 15 is 0 Å². The molecule has 1 aromatic heterocycles. The summed E-state index contributed by atoms with van der Waals surface area (Å²) in [5, 5.41) is 15.0. The van der Waals surface area contributed by atoms with Gasteiger partial charge in [-0.2, -0.15) is 0 Å². The summed E-state index contributed by atoms with van der Waals surface area (Å²) < 4.78 is 11.6. The number of aromatic nitrogens is 1. The highest BCUT2D eigenvalue weighted by atomic mass is 32.1. The molecule has 1 N–H and O–H groups in total. The van der Waals surface area contributed by atoms with Crippen molar-refractivity contribution in [2.45, 2.75) is 13.3 Å². The molecule has 28 heavy (non-hydrogen) atoms. The Labute approximate surface area is 165 Å². The number of nitro groups is 1. The lowest BCUT2D eigenvalue weighted by atomic mass is 10.1. The molecular weight excluding hydrogens is 382 g/mol. The molecule has 2 aromatic carbocycles. The van der Waals surface area contributed by atoms with E-state index in [4.69, 9.17) is 9.47 Å². The van der Waals surface area contributed by atoms with E-state index in [0.29, 0.717) is 19.6 Å². The van der Waals surface area contributed by atoms with Crippen molar-refractivity contribution in [2.24, 2.45) is 0 Å². The highest BCUT2D eigenvalue weighted by molar-refractivity contribution is 7.18. The molecule has 0 fully saturated rings. The Balaban J connectivity index is 1.74. The average Bonchev–Trinajstić information content (AvgIpc) is 3.10. The number of fused-ring (bicyclic) bond motifs is 1. The molecule has 0 saturated carbocycles. The van der Waals surface area contributed by atoms with Gasteiger partial charge in [0.15, 0.2) is 11.5 Å². The Morgan fingerprint density at radius 2 is 2.07 bits per heavy atom. The van der Waals surface area contributed by atoms with E-state index in [1.807, 2.05) is 24.3 Å². The molecule has 0 unspecified atom stereocenters. The zero-order valence-electron chi connectivity index (χ0n) is 15.4. The number of nitro benzene ring substituents is 1. The van der Waals surface area contributed by atoms with Gasteiger partial charge in [-0.3, -0.25) is 14.9 Å². The van der Waals surface area contributed by atoms with E-state index < -0.39 is 10.8 Å². The largest absolute Gasteiger partial charge is 0.493 e. The van der Waals surface area contributed by atoms with Crippen molar-refractivity contribution < 1.29 is 19.2 Å². The molecule has 9 heteroatoms. The number of ether oxygens (including phenoxy) is 2. The minimum Gasteiger partial charge on any atom is -0.493 e. The topological polar surface area (TPSA) is 104 Å². The normalized spacial score (nSPS) is 10.6. The van der Waals surface area contributed by atoms with Gasteiger partial charge in [-0.25, -0.2) is 4.98 Å². The quantitative estimate of drug-likeness (QED) is 0.457. The molecule has 1 amide bonds. The van der Waals surface area contributed by atoms with Crippen LogP contribution in [0, 0.1) is 10.1 Å². The Hall–Kier alpha value is -3.20. The molecule has 0 aliphatic heterocycles. The van der Waals surface area contributed by atoms with Gasteiger partial charge in [0.05, 0.1) is 39.9 Å². The summed E-state index contributed by atoms with van der Waals surface area (Å²) in [4.78, 5) is 27.8. The van der Waals surface area contributed by atoms with Crippen LogP contribution in [0.15, 0.2) is 36.4 Å². The SMILES string of the molecule is CCOc1cc([N+](=O)[O-])c(C(=O)NCCc2nc3ccccc3s2)cc1OC. The highest BCUT2D eigenvalue weighted by Crippen LogP contribution is 2.34. The summed E-state index contributed by atoms with van der Waals surface area (Å²) in [6, 6.07) is 10.3. The fourth-order valence-electron chi connectivity index (χ4n) is 2.72. The monoisotopic (exact) mass is 401 g/mol. The Morgan fingerprint density at radius 3 is 2.75 bits per heavy atom. The smallest absolute Gasteiger partial charge is 0.286 e. The number of nitrogens with zero attached hydrogens (tertiary/aromatic N) is 2. The molecule has 3 rings (SSSR count). The van der Waals surface area contributed by atoms with Crippen molar-refractivity contribution >= 4 is 33.1 Å². The number of amides is 1.